The number of benzene rings is 4. The molecule has 0 unspecified atom stereocenters. The van der Waals surface area contributed by atoms with Crippen LogP contribution in [0.25, 0.3) is 11.1 Å². The lowest BCUT2D eigenvalue weighted by Gasteiger charge is -2.44. The zero-order chi connectivity index (χ0) is 35.6. The molecule has 51 heavy (non-hydrogen) atoms. The maximum Gasteiger partial charge on any atom is 0.303 e. The summed E-state index contributed by atoms with van der Waals surface area (Å²) in [6.45, 7) is 8.35. The van der Waals surface area contributed by atoms with Crippen molar-refractivity contribution in [2.45, 2.75) is 64.4 Å². The third-order valence-electron chi connectivity index (χ3n) is 10.1. The van der Waals surface area contributed by atoms with Crippen LogP contribution in [0.4, 0.5) is 0 Å². The second kappa shape index (κ2) is 17.7. The Kier molecular flexibility index (Phi) is 12.6. The van der Waals surface area contributed by atoms with Gasteiger partial charge in [-0.25, -0.2) is 0 Å². The number of hydrogen-bond donors (Lipinski definition) is 3. The molecule has 9 heteroatoms. The normalized spacial score (nSPS) is 21.3. The van der Waals surface area contributed by atoms with Crippen LogP contribution in [0.3, 0.4) is 0 Å². The smallest absolute Gasteiger partial charge is 0.303 e. The minimum Gasteiger partial charge on any atom is -0.481 e. The summed E-state index contributed by atoms with van der Waals surface area (Å²) in [4.78, 5) is 28.2. The molecule has 0 radical (unpaired) electrons. The summed E-state index contributed by atoms with van der Waals surface area (Å²) in [5, 5.41) is 21.4. The van der Waals surface area contributed by atoms with E-state index in [1.165, 1.54) is 5.56 Å². The van der Waals surface area contributed by atoms with Gasteiger partial charge in [-0.05, 0) is 39.8 Å². The van der Waals surface area contributed by atoms with Crippen molar-refractivity contribution in [3.05, 3.63) is 131 Å². The summed E-state index contributed by atoms with van der Waals surface area (Å²) < 4.78 is 13.5. The topological polar surface area (TPSA) is 112 Å². The van der Waals surface area contributed by atoms with E-state index in [2.05, 4.69) is 88.8 Å². The van der Waals surface area contributed by atoms with Gasteiger partial charge < -0.3 is 25.0 Å². The van der Waals surface area contributed by atoms with Gasteiger partial charge in [0.2, 0.25) is 5.91 Å². The van der Waals surface area contributed by atoms with Crippen molar-refractivity contribution >= 4 is 11.9 Å². The van der Waals surface area contributed by atoms with Gasteiger partial charge in [-0.3, -0.25) is 19.4 Å². The van der Waals surface area contributed by atoms with E-state index in [4.69, 9.17) is 14.6 Å². The van der Waals surface area contributed by atoms with Crippen molar-refractivity contribution in [3.8, 4) is 11.1 Å². The van der Waals surface area contributed by atoms with Gasteiger partial charge in [0.15, 0.2) is 6.29 Å². The summed E-state index contributed by atoms with van der Waals surface area (Å²) in [5.41, 5.74) is 7.22. The number of aliphatic hydroxyl groups excluding tert-OH is 1. The van der Waals surface area contributed by atoms with Gasteiger partial charge >= 0.3 is 5.97 Å². The number of rotatable bonds is 14. The Hall–Kier alpha value is -4.38. The van der Waals surface area contributed by atoms with E-state index >= 15 is 0 Å². The number of carboxylic acids is 1. The summed E-state index contributed by atoms with van der Waals surface area (Å²) in [5.74, 6) is -0.952. The molecule has 2 aliphatic heterocycles. The van der Waals surface area contributed by atoms with E-state index in [0.717, 1.165) is 72.6 Å². The lowest BCUT2D eigenvalue weighted by atomic mass is 9.89. The molecule has 9 nitrogen and oxygen atoms in total. The molecule has 6 rings (SSSR count). The molecule has 268 valence electrons. The second-order valence-corrected chi connectivity index (χ2v) is 13.7. The highest BCUT2D eigenvalue weighted by molar-refractivity contribution is 5.77. The molecule has 0 bridgehead atoms. The van der Waals surface area contributed by atoms with Crippen LogP contribution in [0, 0.1) is 5.92 Å². The van der Waals surface area contributed by atoms with Crippen molar-refractivity contribution < 1.29 is 29.3 Å². The maximum absolute atomic E-state index is 12.3. The first-order chi connectivity index (χ1) is 24.9. The number of carboxylic acid groups (broad SMARTS) is 1. The first-order valence-corrected chi connectivity index (χ1v) is 18.0. The molecule has 3 N–H and O–H groups in total. The molecule has 0 spiro atoms. The van der Waals surface area contributed by atoms with Gasteiger partial charge in [-0.2, -0.15) is 0 Å². The highest BCUT2D eigenvalue weighted by Gasteiger charge is 2.39. The Balaban J connectivity index is 1.14. The Bertz CT molecular complexity index is 1710. The number of carbonyl (C=O) groups excluding carboxylic acids is 1. The lowest BCUT2D eigenvalue weighted by molar-refractivity contribution is -0.276. The predicted octanol–water partition coefficient (Wildman–Crippen LogP) is 6.33. The van der Waals surface area contributed by atoms with E-state index < -0.39 is 12.3 Å². The molecular formula is C42H49N3O6. The molecule has 2 heterocycles. The van der Waals surface area contributed by atoms with E-state index in [-0.39, 0.29) is 43.5 Å². The van der Waals surface area contributed by atoms with E-state index in [1.54, 1.807) is 0 Å². The average molecular weight is 692 g/mol. The van der Waals surface area contributed by atoms with Gasteiger partial charge in [-0.1, -0.05) is 110 Å². The molecule has 4 atom stereocenters. The number of nitrogens with zero attached hydrogens (tertiary/aromatic N) is 2. The molecule has 2 aliphatic rings. The Morgan fingerprint density at radius 2 is 1.43 bits per heavy atom. The fourth-order valence-corrected chi connectivity index (χ4v) is 7.01. The van der Waals surface area contributed by atoms with Gasteiger partial charge in [0, 0.05) is 70.1 Å². The van der Waals surface area contributed by atoms with Crippen molar-refractivity contribution in [1.29, 1.82) is 0 Å². The van der Waals surface area contributed by atoms with Crippen molar-refractivity contribution in [1.82, 2.24) is 15.1 Å². The standard InChI is InChI=1S/C42H49N3O6/c1-30-38(28-45-24-22-44(23-25-45)27-31-8-3-2-4-9-31)50-42(51-41(30)34-16-14-32(29-46)15-17-34)35-20-18-33(19-21-35)37-11-6-5-10-36(37)26-43-39(47)12-7-13-40(48)49/h2-6,8-11,14-21,30,38,41-42,46H,7,12-13,22-29H2,1H3,(H,43,47)(H,48,49)/t30-,38+,41+,42+/m0/s1. The molecule has 2 saturated heterocycles. The minimum atomic E-state index is -0.897. The van der Waals surface area contributed by atoms with Crippen LogP contribution in [0.2, 0.25) is 0 Å². The predicted molar refractivity (Wildman–Crippen MR) is 196 cm³/mol. The van der Waals surface area contributed by atoms with Crippen molar-refractivity contribution in [3.63, 3.8) is 0 Å². The lowest BCUT2D eigenvalue weighted by Crippen LogP contribution is -2.51. The monoisotopic (exact) mass is 691 g/mol. The van der Waals surface area contributed by atoms with Gasteiger partial charge in [-0.15, -0.1) is 0 Å². The minimum absolute atomic E-state index is 0.000604. The Labute approximate surface area is 300 Å². The molecule has 4 aromatic rings. The van der Waals surface area contributed by atoms with Gasteiger partial charge in [0.1, 0.15) is 0 Å². The molecule has 0 aliphatic carbocycles. The number of hydrogen-bond acceptors (Lipinski definition) is 7. The SMILES string of the molecule is C[C@H]1[C@@H](CN2CCN(Cc3ccccc3)CC2)O[C@@H](c2ccc(-c3ccccc3CNC(=O)CCCC(=O)O)cc2)O[C@H]1c1ccc(CO)cc1. The third-order valence-corrected chi connectivity index (χ3v) is 10.1. The zero-order valence-corrected chi connectivity index (χ0v) is 29.3. The van der Waals surface area contributed by atoms with Crippen LogP contribution in [0.5, 0.6) is 0 Å². The largest absolute Gasteiger partial charge is 0.481 e. The van der Waals surface area contributed by atoms with Crippen LogP contribution in [-0.4, -0.2) is 70.7 Å². The average Bonchev–Trinajstić information content (AvgIpc) is 3.16. The van der Waals surface area contributed by atoms with E-state index in [9.17, 15) is 14.7 Å². The van der Waals surface area contributed by atoms with E-state index in [0.29, 0.717) is 13.0 Å². The first-order valence-electron chi connectivity index (χ1n) is 18.0. The molecule has 2 fully saturated rings. The second-order valence-electron chi connectivity index (χ2n) is 13.7. The Morgan fingerprint density at radius 3 is 2.14 bits per heavy atom. The first kappa shape index (κ1) is 36.4. The highest BCUT2D eigenvalue weighted by atomic mass is 16.7. The summed E-state index contributed by atoms with van der Waals surface area (Å²) in [7, 11) is 0. The number of piperazine rings is 1. The van der Waals surface area contributed by atoms with Crippen LogP contribution < -0.4 is 5.32 Å². The maximum atomic E-state index is 12.3. The molecule has 4 aromatic carbocycles. The summed E-state index contributed by atoms with van der Waals surface area (Å²) in [6.07, 6.45) is -0.307. The number of carbonyl (C=O) groups is 2. The number of aliphatic hydroxyl groups is 1. The number of ether oxygens (including phenoxy) is 2. The molecule has 0 aromatic heterocycles. The molecule has 0 saturated carbocycles. The number of aliphatic carboxylic acids is 1. The molecule has 1 amide bonds. The van der Waals surface area contributed by atoms with Crippen LogP contribution >= 0.6 is 0 Å². The summed E-state index contributed by atoms with van der Waals surface area (Å²) in [6, 6.07) is 34.9. The van der Waals surface area contributed by atoms with Crippen LogP contribution in [0.15, 0.2) is 103 Å². The number of amides is 1. The molecular weight excluding hydrogens is 642 g/mol. The zero-order valence-electron chi connectivity index (χ0n) is 29.3. The third kappa shape index (κ3) is 9.90. The number of nitrogens with one attached hydrogen (secondary N) is 1. The van der Waals surface area contributed by atoms with Crippen LogP contribution in [-0.2, 0) is 38.8 Å². The van der Waals surface area contributed by atoms with Crippen molar-refractivity contribution in [2.75, 3.05) is 32.7 Å². The van der Waals surface area contributed by atoms with E-state index in [1.807, 2.05) is 36.4 Å². The van der Waals surface area contributed by atoms with Gasteiger partial charge in [0.25, 0.3) is 0 Å². The van der Waals surface area contributed by atoms with Crippen LogP contribution in [0.1, 0.15) is 66.4 Å². The fourth-order valence-electron chi connectivity index (χ4n) is 7.01. The Morgan fingerprint density at radius 1 is 0.765 bits per heavy atom. The van der Waals surface area contributed by atoms with Gasteiger partial charge in [0.05, 0.1) is 18.8 Å². The summed E-state index contributed by atoms with van der Waals surface area (Å²) >= 11 is 0. The quantitative estimate of drug-likeness (QED) is 0.141. The van der Waals surface area contributed by atoms with Crippen molar-refractivity contribution in [2.24, 2.45) is 5.92 Å². The highest BCUT2D eigenvalue weighted by Crippen LogP contribution is 2.42. The fraction of sp³-hybridized carbons (Fsp3) is 0.381.